The SMILES string of the molecule is CC(N)CCCC(=O)Cc1ccn(C)n1. The Labute approximate surface area is 90.5 Å². The second-order valence-corrected chi connectivity index (χ2v) is 4.07. The average molecular weight is 209 g/mol. The van der Waals surface area contributed by atoms with Gasteiger partial charge in [-0.1, -0.05) is 0 Å². The summed E-state index contributed by atoms with van der Waals surface area (Å²) >= 11 is 0. The summed E-state index contributed by atoms with van der Waals surface area (Å²) in [6, 6.07) is 2.07. The highest BCUT2D eigenvalue weighted by Crippen LogP contribution is 2.03. The Bertz CT molecular complexity index is 317. The summed E-state index contributed by atoms with van der Waals surface area (Å²) in [4.78, 5) is 11.5. The minimum atomic E-state index is 0.188. The van der Waals surface area contributed by atoms with E-state index in [2.05, 4.69) is 5.10 Å². The average Bonchev–Trinajstić information content (AvgIpc) is 2.50. The molecule has 0 aromatic carbocycles. The van der Waals surface area contributed by atoms with E-state index in [9.17, 15) is 4.79 Å². The fraction of sp³-hybridized carbons (Fsp3) is 0.636. The van der Waals surface area contributed by atoms with E-state index in [-0.39, 0.29) is 11.8 Å². The van der Waals surface area contributed by atoms with Crippen molar-refractivity contribution in [2.24, 2.45) is 12.8 Å². The number of ketones is 1. The van der Waals surface area contributed by atoms with E-state index >= 15 is 0 Å². The van der Waals surface area contributed by atoms with Gasteiger partial charge in [-0.3, -0.25) is 9.48 Å². The number of nitrogens with zero attached hydrogens (tertiary/aromatic N) is 2. The minimum absolute atomic E-state index is 0.188. The maximum Gasteiger partial charge on any atom is 0.138 e. The number of nitrogens with two attached hydrogens (primary N) is 1. The second-order valence-electron chi connectivity index (χ2n) is 4.07. The van der Waals surface area contributed by atoms with Gasteiger partial charge < -0.3 is 5.73 Å². The first-order valence-electron chi connectivity index (χ1n) is 5.33. The molecule has 0 radical (unpaired) electrons. The number of rotatable bonds is 6. The largest absolute Gasteiger partial charge is 0.328 e. The highest BCUT2D eigenvalue weighted by atomic mass is 16.1. The number of Topliss-reactive ketones (excluding diaryl/α,β-unsaturated/α-hetero) is 1. The van der Waals surface area contributed by atoms with Crippen molar-refractivity contribution < 1.29 is 4.79 Å². The number of aryl methyl sites for hydroxylation is 1. The molecule has 0 saturated carbocycles. The molecule has 1 rings (SSSR count). The molecule has 1 aromatic rings. The molecular weight excluding hydrogens is 190 g/mol. The summed E-state index contributed by atoms with van der Waals surface area (Å²) in [5.74, 6) is 0.245. The Morgan fingerprint density at radius 2 is 2.40 bits per heavy atom. The molecule has 1 heterocycles. The Morgan fingerprint density at radius 1 is 1.67 bits per heavy atom. The molecule has 1 aromatic heterocycles. The third kappa shape index (κ3) is 4.74. The van der Waals surface area contributed by atoms with Crippen LogP contribution in [0, 0.1) is 0 Å². The van der Waals surface area contributed by atoms with Crippen molar-refractivity contribution in [2.45, 2.75) is 38.6 Å². The maximum absolute atomic E-state index is 11.5. The van der Waals surface area contributed by atoms with Crippen molar-refractivity contribution in [3.63, 3.8) is 0 Å². The predicted molar refractivity (Wildman–Crippen MR) is 59.4 cm³/mol. The van der Waals surface area contributed by atoms with Crippen LogP contribution in [0.2, 0.25) is 0 Å². The van der Waals surface area contributed by atoms with Crippen LogP contribution in [0.15, 0.2) is 12.3 Å². The molecule has 2 N–H and O–H groups in total. The highest BCUT2D eigenvalue weighted by molar-refractivity contribution is 5.80. The van der Waals surface area contributed by atoms with E-state index in [1.54, 1.807) is 4.68 Å². The zero-order chi connectivity index (χ0) is 11.3. The minimum Gasteiger partial charge on any atom is -0.328 e. The van der Waals surface area contributed by atoms with Crippen molar-refractivity contribution >= 4 is 5.78 Å². The summed E-state index contributed by atoms with van der Waals surface area (Å²) in [6.07, 6.45) is 4.69. The molecule has 84 valence electrons. The van der Waals surface area contributed by atoms with Gasteiger partial charge in [0.05, 0.1) is 12.1 Å². The van der Waals surface area contributed by atoms with Crippen LogP contribution in [0.4, 0.5) is 0 Å². The third-order valence-corrected chi connectivity index (χ3v) is 2.26. The van der Waals surface area contributed by atoms with Crippen LogP contribution in [0.3, 0.4) is 0 Å². The van der Waals surface area contributed by atoms with Crippen LogP contribution < -0.4 is 5.73 Å². The van der Waals surface area contributed by atoms with Gasteiger partial charge in [-0.2, -0.15) is 5.10 Å². The zero-order valence-corrected chi connectivity index (χ0v) is 9.44. The van der Waals surface area contributed by atoms with E-state index in [0.717, 1.165) is 18.5 Å². The quantitative estimate of drug-likeness (QED) is 0.761. The number of carbonyl (C=O) groups is 1. The Hall–Kier alpha value is -1.16. The summed E-state index contributed by atoms with van der Waals surface area (Å²) in [7, 11) is 1.85. The van der Waals surface area contributed by atoms with Crippen molar-refractivity contribution in [3.8, 4) is 0 Å². The van der Waals surface area contributed by atoms with Gasteiger partial charge in [-0.05, 0) is 25.8 Å². The third-order valence-electron chi connectivity index (χ3n) is 2.26. The predicted octanol–water partition coefficient (Wildman–Crippen LogP) is 1.05. The Kier molecular flexibility index (Phi) is 4.49. The lowest BCUT2D eigenvalue weighted by Gasteiger charge is -2.03. The van der Waals surface area contributed by atoms with E-state index in [1.807, 2.05) is 26.2 Å². The molecule has 0 saturated heterocycles. The fourth-order valence-electron chi connectivity index (χ4n) is 1.47. The lowest BCUT2D eigenvalue weighted by Crippen LogP contribution is -2.15. The molecule has 0 aliphatic heterocycles. The maximum atomic E-state index is 11.5. The van der Waals surface area contributed by atoms with Gasteiger partial charge >= 0.3 is 0 Å². The van der Waals surface area contributed by atoms with Crippen LogP contribution in [0.1, 0.15) is 31.9 Å². The molecule has 4 nitrogen and oxygen atoms in total. The van der Waals surface area contributed by atoms with Gasteiger partial charge in [0.2, 0.25) is 0 Å². The van der Waals surface area contributed by atoms with E-state index < -0.39 is 0 Å². The van der Waals surface area contributed by atoms with Gasteiger partial charge in [0.15, 0.2) is 0 Å². The smallest absolute Gasteiger partial charge is 0.138 e. The fourth-order valence-corrected chi connectivity index (χ4v) is 1.47. The van der Waals surface area contributed by atoms with Gasteiger partial charge in [0.1, 0.15) is 5.78 Å². The van der Waals surface area contributed by atoms with Crippen molar-refractivity contribution in [1.82, 2.24) is 9.78 Å². The zero-order valence-electron chi connectivity index (χ0n) is 9.44. The van der Waals surface area contributed by atoms with Gasteiger partial charge in [0, 0.05) is 25.7 Å². The van der Waals surface area contributed by atoms with E-state index in [1.165, 1.54) is 0 Å². The van der Waals surface area contributed by atoms with Crippen LogP contribution in [-0.4, -0.2) is 21.6 Å². The van der Waals surface area contributed by atoms with Crippen LogP contribution in [-0.2, 0) is 18.3 Å². The monoisotopic (exact) mass is 209 g/mol. The molecule has 0 fully saturated rings. The summed E-state index contributed by atoms with van der Waals surface area (Å²) in [5, 5.41) is 4.16. The van der Waals surface area contributed by atoms with Crippen LogP contribution in [0.5, 0.6) is 0 Å². The molecule has 1 atom stereocenters. The van der Waals surface area contributed by atoms with Gasteiger partial charge in [-0.15, -0.1) is 0 Å². The molecule has 1 unspecified atom stereocenters. The molecule has 0 spiro atoms. The van der Waals surface area contributed by atoms with Crippen LogP contribution in [0.25, 0.3) is 0 Å². The molecular formula is C11H19N3O. The first kappa shape index (κ1) is 11.9. The molecule has 0 bridgehead atoms. The molecule has 0 aliphatic carbocycles. The number of hydrogen-bond donors (Lipinski definition) is 1. The standard InChI is InChI=1S/C11H19N3O/c1-9(12)4-3-5-11(15)8-10-6-7-14(2)13-10/h6-7,9H,3-5,8,12H2,1-2H3. The van der Waals surface area contributed by atoms with Gasteiger partial charge in [-0.25, -0.2) is 0 Å². The van der Waals surface area contributed by atoms with Crippen molar-refractivity contribution in [1.29, 1.82) is 0 Å². The van der Waals surface area contributed by atoms with E-state index in [4.69, 9.17) is 5.73 Å². The molecule has 0 aliphatic rings. The number of aromatic nitrogens is 2. The molecule has 15 heavy (non-hydrogen) atoms. The highest BCUT2D eigenvalue weighted by Gasteiger charge is 2.06. The second kappa shape index (κ2) is 5.66. The number of hydrogen-bond acceptors (Lipinski definition) is 3. The summed E-state index contributed by atoms with van der Waals surface area (Å²) in [5.41, 5.74) is 6.46. The van der Waals surface area contributed by atoms with E-state index in [0.29, 0.717) is 12.8 Å². The van der Waals surface area contributed by atoms with Crippen molar-refractivity contribution in [3.05, 3.63) is 18.0 Å². The Morgan fingerprint density at radius 3 is 2.93 bits per heavy atom. The van der Waals surface area contributed by atoms with Crippen molar-refractivity contribution in [2.75, 3.05) is 0 Å². The molecule has 0 amide bonds. The lowest BCUT2D eigenvalue weighted by molar-refractivity contribution is -0.118. The lowest BCUT2D eigenvalue weighted by atomic mass is 10.1. The normalized spacial score (nSPS) is 12.7. The first-order chi connectivity index (χ1) is 7.08. The van der Waals surface area contributed by atoms with Crippen LogP contribution >= 0.6 is 0 Å². The topological polar surface area (TPSA) is 60.9 Å². The Balaban J connectivity index is 2.24. The summed E-state index contributed by atoms with van der Waals surface area (Å²) < 4.78 is 1.71. The summed E-state index contributed by atoms with van der Waals surface area (Å²) in [6.45, 7) is 1.96. The number of carbonyl (C=O) groups excluding carboxylic acids is 1. The first-order valence-corrected chi connectivity index (χ1v) is 5.33. The van der Waals surface area contributed by atoms with Gasteiger partial charge in [0.25, 0.3) is 0 Å². The molecule has 4 heteroatoms.